The second-order valence-corrected chi connectivity index (χ2v) is 5.28. The summed E-state index contributed by atoms with van der Waals surface area (Å²) in [5, 5.41) is 11.1. The molecule has 3 N–H and O–H groups in total. The van der Waals surface area contributed by atoms with Crippen molar-refractivity contribution in [1.29, 1.82) is 0 Å². The molecule has 0 spiro atoms. The van der Waals surface area contributed by atoms with Crippen molar-refractivity contribution in [3.05, 3.63) is 42.0 Å². The molecular formula is C16H16N2O3. The van der Waals surface area contributed by atoms with Crippen molar-refractivity contribution in [2.75, 3.05) is 12.3 Å². The standard InChI is InChI=1S/C16H16N2O3/c17-13-9-11-5-2-1-4-10(11)8-12(13)15(19)18-7-3-6-14(18)16(20)21/h1-2,4-5,8-9,14H,3,6-7,17H2,(H,20,21). The van der Waals surface area contributed by atoms with Crippen molar-refractivity contribution < 1.29 is 14.7 Å². The third-order valence-corrected chi connectivity index (χ3v) is 3.95. The van der Waals surface area contributed by atoms with Gasteiger partial charge in [-0.3, -0.25) is 4.79 Å². The van der Waals surface area contributed by atoms with Crippen molar-refractivity contribution in [2.24, 2.45) is 0 Å². The largest absolute Gasteiger partial charge is 0.480 e. The summed E-state index contributed by atoms with van der Waals surface area (Å²) in [7, 11) is 0. The molecule has 1 saturated heterocycles. The molecule has 0 aliphatic carbocycles. The number of aliphatic carboxylic acids is 1. The third-order valence-electron chi connectivity index (χ3n) is 3.95. The lowest BCUT2D eigenvalue weighted by Gasteiger charge is -2.22. The van der Waals surface area contributed by atoms with E-state index in [4.69, 9.17) is 5.73 Å². The number of nitrogen functional groups attached to an aromatic ring is 1. The first-order valence-electron chi connectivity index (χ1n) is 6.90. The summed E-state index contributed by atoms with van der Waals surface area (Å²) >= 11 is 0. The van der Waals surface area contributed by atoms with Crippen LogP contribution in [-0.4, -0.2) is 34.5 Å². The molecule has 1 heterocycles. The Morgan fingerprint density at radius 2 is 1.86 bits per heavy atom. The van der Waals surface area contributed by atoms with Crippen molar-refractivity contribution in [1.82, 2.24) is 4.90 Å². The molecule has 0 aromatic heterocycles. The van der Waals surface area contributed by atoms with E-state index in [0.29, 0.717) is 30.6 Å². The van der Waals surface area contributed by atoms with E-state index in [2.05, 4.69) is 0 Å². The Hall–Kier alpha value is -2.56. The van der Waals surface area contributed by atoms with Crippen molar-refractivity contribution >= 4 is 28.3 Å². The summed E-state index contributed by atoms with van der Waals surface area (Å²) in [6, 6.07) is 10.4. The van der Waals surface area contributed by atoms with Crippen LogP contribution in [0.4, 0.5) is 5.69 Å². The molecule has 2 aromatic rings. The molecule has 2 aromatic carbocycles. The van der Waals surface area contributed by atoms with Crippen molar-refractivity contribution in [3.63, 3.8) is 0 Å². The predicted octanol–water partition coefficient (Wildman–Crippen LogP) is 2.11. The number of fused-ring (bicyclic) bond motifs is 1. The van der Waals surface area contributed by atoms with E-state index in [1.807, 2.05) is 24.3 Å². The molecule has 5 heteroatoms. The highest BCUT2D eigenvalue weighted by molar-refractivity contribution is 6.05. The number of nitrogens with zero attached hydrogens (tertiary/aromatic N) is 1. The van der Waals surface area contributed by atoms with Crippen LogP contribution in [-0.2, 0) is 4.79 Å². The van der Waals surface area contributed by atoms with Crippen molar-refractivity contribution in [3.8, 4) is 0 Å². The van der Waals surface area contributed by atoms with Gasteiger partial charge in [0, 0.05) is 12.2 Å². The monoisotopic (exact) mass is 284 g/mol. The topological polar surface area (TPSA) is 83.6 Å². The normalized spacial score (nSPS) is 18.1. The van der Waals surface area contributed by atoms with Crippen LogP contribution < -0.4 is 5.73 Å². The Labute approximate surface area is 122 Å². The van der Waals surface area contributed by atoms with Crippen molar-refractivity contribution in [2.45, 2.75) is 18.9 Å². The number of amides is 1. The maximum Gasteiger partial charge on any atom is 0.326 e. The van der Waals surface area contributed by atoms with Crippen LogP contribution in [0.1, 0.15) is 23.2 Å². The first-order chi connectivity index (χ1) is 10.1. The van der Waals surface area contributed by atoms with Gasteiger partial charge in [0.1, 0.15) is 6.04 Å². The van der Waals surface area contributed by atoms with Gasteiger partial charge in [0.05, 0.1) is 5.56 Å². The van der Waals surface area contributed by atoms with Gasteiger partial charge in [0.25, 0.3) is 5.91 Å². The maximum atomic E-state index is 12.6. The number of likely N-dealkylation sites (tertiary alicyclic amines) is 1. The van der Waals surface area contributed by atoms with Gasteiger partial charge in [0.15, 0.2) is 0 Å². The fraction of sp³-hybridized carbons (Fsp3) is 0.250. The van der Waals surface area contributed by atoms with E-state index < -0.39 is 12.0 Å². The van der Waals surface area contributed by atoms with Gasteiger partial charge in [-0.1, -0.05) is 24.3 Å². The quantitative estimate of drug-likeness (QED) is 0.827. The molecule has 1 fully saturated rings. The van der Waals surface area contributed by atoms with Crippen LogP contribution in [0.15, 0.2) is 36.4 Å². The minimum Gasteiger partial charge on any atom is -0.480 e. The van der Waals surface area contributed by atoms with Gasteiger partial charge in [-0.15, -0.1) is 0 Å². The van der Waals surface area contributed by atoms with Gasteiger partial charge < -0.3 is 15.7 Å². The molecule has 1 aliphatic rings. The van der Waals surface area contributed by atoms with Crippen LogP contribution in [0, 0.1) is 0 Å². The van der Waals surface area contributed by atoms with Gasteiger partial charge >= 0.3 is 5.97 Å². The van der Waals surface area contributed by atoms with Gasteiger partial charge in [-0.2, -0.15) is 0 Å². The summed E-state index contributed by atoms with van der Waals surface area (Å²) in [5.74, 6) is -1.26. The Morgan fingerprint density at radius 1 is 1.19 bits per heavy atom. The smallest absolute Gasteiger partial charge is 0.326 e. The molecule has 1 aliphatic heterocycles. The summed E-state index contributed by atoms with van der Waals surface area (Å²) < 4.78 is 0. The molecule has 1 unspecified atom stereocenters. The molecule has 108 valence electrons. The highest BCUT2D eigenvalue weighted by Crippen LogP contribution is 2.26. The average Bonchev–Trinajstić information content (AvgIpc) is 2.95. The number of rotatable bonds is 2. The molecular weight excluding hydrogens is 268 g/mol. The average molecular weight is 284 g/mol. The first kappa shape index (κ1) is 13.4. The van der Waals surface area contributed by atoms with Gasteiger partial charge in [-0.05, 0) is 35.7 Å². The first-order valence-corrected chi connectivity index (χ1v) is 6.90. The number of carboxylic acids is 1. The maximum absolute atomic E-state index is 12.6. The molecule has 1 amide bonds. The Balaban J connectivity index is 2.01. The number of hydrogen-bond donors (Lipinski definition) is 2. The highest BCUT2D eigenvalue weighted by Gasteiger charge is 2.35. The molecule has 21 heavy (non-hydrogen) atoms. The molecule has 0 bridgehead atoms. The lowest BCUT2D eigenvalue weighted by molar-refractivity contribution is -0.141. The summed E-state index contributed by atoms with van der Waals surface area (Å²) in [6.07, 6.45) is 1.20. The van der Waals surface area contributed by atoms with E-state index in [-0.39, 0.29) is 5.91 Å². The molecule has 1 atom stereocenters. The van der Waals surface area contributed by atoms with Gasteiger partial charge in [0.2, 0.25) is 0 Å². The molecule has 5 nitrogen and oxygen atoms in total. The summed E-state index contributed by atoms with van der Waals surface area (Å²) in [4.78, 5) is 25.2. The second kappa shape index (κ2) is 5.09. The summed E-state index contributed by atoms with van der Waals surface area (Å²) in [5.41, 5.74) is 6.74. The Morgan fingerprint density at radius 3 is 2.52 bits per heavy atom. The number of benzene rings is 2. The zero-order valence-corrected chi connectivity index (χ0v) is 11.5. The predicted molar refractivity (Wildman–Crippen MR) is 80.1 cm³/mol. The van der Waals surface area contributed by atoms with Crippen LogP contribution >= 0.6 is 0 Å². The number of carbonyl (C=O) groups excluding carboxylic acids is 1. The fourth-order valence-corrected chi connectivity index (χ4v) is 2.86. The lowest BCUT2D eigenvalue weighted by atomic mass is 10.0. The van der Waals surface area contributed by atoms with E-state index in [9.17, 15) is 14.7 Å². The second-order valence-electron chi connectivity index (χ2n) is 5.28. The number of anilines is 1. The number of carboxylic acid groups (broad SMARTS) is 1. The number of carbonyl (C=O) groups is 2. The SMILES string of the molecule is Nc1cc2ccccc2cc1C(=O)N1CCCC1C(=O)O. The van der Waals surface area contributed by atoms with E-state index >= 15 is 0 Å². The van der Waals surface area contributed by atoms with Crippen LogP contribution in [0.5, 0.6) is 0 Å². The minimum absolute atomic E-state index is 0.303. The third kappa shape index (κ3) is 2.31. The molecule has 0 saturated carbocycles. The summed E-state index contributed by atoms with van der Waals surface area (Å²) in [6.45, 7) is 0.460. The van der Waals surface area contributed by atoms with E-state index in [1.54, 1.807) is 12.1 Å². The number of nitrogens with two attached hydrogens (primary N) is 1. The number of hydrogen-bond acceptors (Lipinski definition) is 3. The highest BCUT2D eigenvalue weighted by atomic mass is 16.4. The fourth-order valence-electron chi connectivity index (χ4n) is 2.86. The zero-order chi connectivity index (χ0) is 15.0. The van der Waals surface area contributed by atoms with Crippen LogP contribution in [0.3, 0.4) is 0 Å². The van der Waals surface area contributed by atoms with Crippen LogP contribution in [0.25, 0.3) is 10.8 Å². The van der Waals surface area contributed by atoms with Crippen LogP contribution in [0.2, 0.25) is 0 Å². The zero-order valence-electron chi connectivity index (χ0n) is 11.5. The molecule has 0 radical (unpaired) electrons. The van der Waals surface area contributed by atoms with E-state index in [1.165, 1.54) is 4.90 Å². The lowest BCUT2D eigenvalue weighted by Crippen LogP contribution is -2.40. The minimum atomic E-state index is -0.958. The van der Waals surface area contributed by atoms with E-state index in [0.717, 1.165) is 10.8 Å². The Bertz CT molecular complexity index is 727. The Kier molecular flexibility index (Phi) is 3.25. The molecule has 3 rings (SSSR count). The van der Waals surface area contributed by atoms with Gasteiger partial charge in [-0.25, -0.2) is 4.79 Å².